The van der Waals surface area contributed by atoms with Crippen LogP contribution in [-0.4, -0.2) is 70.0 Å². The van der Waals surface area contributed by atoms with Crippen molar-refractivity contribution in [3.05, 3.63) is 48.2 Å². The number of aromatic nitrogens is 3. The third-order valence-electron chi connectivity index (χ3n) is 6.19. The summed E-state index contributed by atoms with van der Waals surface area (Å²) < 4.78 is 44.6. The van der Waals surface area contributed by atoms with Crippen LogP contribution in [0.15, 0.2) is 41.1 Å². The summed E-state index contributed by atoms with van der Waals surface area (Å²) in [5.74, 6) is 0.253. The number of anilines is 3. The number of carbonyl (C=O) groups is 2. The number of nitrogens with one attached hydrogen (secondary N) is 2. The van der Waals surface area contributed by atoms with E-state index in [0.717, 1.165) is 0 Å². The molecule has 14 heteroatoms. The number of alkyl halides is 3. The van der Waals surface area contributed by atoms with E-state index in [1.165, 1.54) is 17.2 Å². The first-order valence-corrected chi connectivity index (χ1v) is 11.4. The first kappa shape index (κ1) is 24.5. The summed E-state index contributed by atoms with van der Waals surface area (Å²) in [5.41, 5.74) is 0.911. The molecular weight excluding hydrogens is 495 g/mol. The van der Waals surface area contributed by atoms with E-state index in [9.17, 15) is 22.8 Å². The van der Waals surface area contributed by atoms with E-state index < -0.39 is 30.8 Å². The lowest BCUT2D eigenvalue weighted by molar-refractivity contribution is -0.161. The number of amides is 3. The predicted molar refractivity (Wildman–Crippen MR) is 125 cm³/mol. The number of aliphatic hydroxyl groups excluding tert-OH is 1. The second kappa shape index (κ2) is 9.35. The van der Waals surface area contributed by atoms with Gasteiger partial charge in [-0.2, -0.15) is 13.2 Å². The van der Waals surface area contributed by atoms with E-state index in [4.69, 9.17) is 9.52 Å². The minimum absolute atomic E-state index is 0.147. The number of hydrogen-bond acceptors (Lipinski definition) is 8. The minimum atomic E-state index is -4.83. The normalized spacial score (nSPS) is 17.4. The van der Waals surface area contributed by atoms with Crippen LogP contribution in [0.1, 0.15) is 22.8 Å². The number of aryl methyl sites for hydroxylation is 1. The highest BCUT2D eigenvalue weighted by atomic mass is 19.4. The molecule has 0 saturated carbocycles. The zero-order valence-electron chi connectivity index (χ0n) is 19.5. The molecule has 2 atom stereocenters. The van der Waals surface area contributed by atoms with Crippen LogP contribution in [-0.2, 0) is 0 Å². The Labute approximate surface area is 208 Å². The number of rotatable bonds is 5. The molecule has 2 aliphatic rings. The van der Waals surface area contributed by atoms with Crippen LogP contribution in [0.25, 0.3) is 11.3 Å². The number of oxazole rings is 1. The van der Waals surface area contributed by atoms with Crippen LogP contribution in [0, 0.1) is 6.92 Å². The SMILES string of the molecule is Cc1ncc(-c2ccnc(NC(=O)N3c4nc(C(=O)NC(CO)C(F)(F)F)ccc4N4CC[C@H]3C4)c2)o1. The smallest absolute Gasteiger partial charge is 0.410 e. The Morgan fingerprint density at radius 3 is 2.78 bits per heavy atom. The number of halogens is 3. The van der Waals surface area contributed by atoms with Crippen molar-refractivity contribution in [1.82, 2.24) is 20.3 Å². The third-order valence-corrected chi connectivity index (χ3v) is 6.19. The van der Waals surface area contributed by atoms with Gasteiger partial charge >= 0.3 is 12.2 Å². The Morgan fingerprint density at radius 1 is 1.27 bits per heavy atom. The van der Waals surface area contributed by atoms with Gasteiger partial charge in [-0.25, -0.2) is 19.7 Å². The van der Waals surface area contributed by atoms with Gasteiger partial charge in [-0.05, 0) is 30.7 Å². The molecule has 3 N–H and O–H groups in total. The van der Waals surface area contributed by atoms with Gasteiger partial charge in [-0.1, -0.05) is 0 Å². The van der Waals surface area contributed by atoms with Gasteiger partial charge in [0.05, 0.1) is 24.5 Å². The van der Waals surface area contributed by atoms with Crippen molar-refractivity contribution in [2.75, 3.05) is 34.8 Å². The molecule has 0 aliphatic carbocycles. The fraction of sp³-hybridized carbons (Fsp3) is 0.348. The summed E-state index contributed by atoms with van der Waals surface area (Å²) in [7, 11) is 0. The quantitative estimate of drug-likeness (QED) is 0.470. The van der Waals surface area contributed by atoms with Gasteiger partial charge < -0.3 is 19.7 Å². The predicted octanol–water partition coefficient (Wildman–Crippen LogP) is 2.72. The van der Waals surface area contributed by atoms with Crippen LogP contribution >= 0.6 is 0 Å². The molecule has 3 amide bonds. The summed E-state index contributed by atoms with van der Waals surface area (Å²) in [6.45, 7) is 1.58. The third kappa shape index (κ3) is 4.79. The maximum Gasteiger partial charge on any atom is 0.410 e. The molecule has 2 aliphatic heterocycles. The Hall–Kier alpha value is -4.20. The maximum atomic E-state index is 13.4. The van der Waals surface area contributed by atoms with Crippen LogP contribution in [0.4, 0.5) is 35.3 Å². The highest BCUT2D eigenvalue weighted by Crippen LogP contribution is 2.39. The van der Waals surface area contributed by atoms with Crippen molar-refractivity contribution in [3.63, 3.8) is 0 Å². The zero-order valence-corrected chi connectivity index (χ0v) is 19.5. The molecule has 194 valence electrons. The van der Waals surface area contributed by atoms with Crippen molar-refractivity contribution in [2.24, 2.45) is 0 Å². The van der Waals surface area contributed by atoms with Gasteiger partial charge in [0, 0.05) is 31.8 Å². The molecule has 5 rings (SSSR count). The van der Waals surface area contributed by atoms with E-state index in [1.54, 1.807) is 36.6 Å². The second-order valence-corrected chi connectivity index (χ2v) is 8.65. The van der Waals surface area contributed by atoms with E-state index >= 15 is 0 Å². The summed E-state index contributed by atoms with van der Waals surface area (Å²) in [6.07, 6.45) is -1.14. The number of nitrogens with zero attached hydrogens (tertiary/aromatic N) is 5. The first-order valence-electron chi connectivity index (χ1n) is 11.4. The number of aliphatic hydroxyl groups is 1. The summed E-state index contributed by atoms with van der Waals surface area (Å²) in [5, 5.41) is 13.5. The van der Waals surface area contributed by atoms with Crippen molar-refractivity contribution in [3.8, 4) is 11.3 Å². The van der Waals surface area contributed by atoms with Gasteiger partial charge in [0.1, 0.15) is 17.6 Å². The van der Waals surface area contributed by atoms with Crippen molar-refractivity contribution < 1.29 is 32.3 Å². The Balaban J connectivity index is 1.41. The van der Waals surface area contributed by atoms with Gasteiger partial charge in [0.2, 0.25) is 0 Å². The van der Waals surface area contributed by atoms with Gasteiger partial charge in [-0.3, -0.25) is 15.0 Å². The van der Waals surface area contributed by atoms with Crippen molar-refractivity contribution >= 4 is 29.3 Å². The first-order chi connectivity index (χ1) is 17.6. The fourth-order valence-electron chi connectivity index (χ4n) is 4.38. The molecule has 0 spiro atoms. The summed E-state index contributed by atoms with van der Waals surface area (Å²) in [4.78, 5) is 41.8. The standard InChI is InChI=1S/C23H22F3N7O4/c1-12-28-9-17(37-12)13-4-6-27-19(8-13)31-22(36)33-14-5-7-32(10-14)16-3-2-15(29-20(16)33)21(35)30-18(11-34)23(24,25)26/h2-4,6,8-9,14,18,34H,5,7,10-11H2,1H3,(H,30,35)(H,27,31,36)/t14-,18?/m0/s1. The Morgan fingerprint density at radius 2 is 2.08 bits per heavy atom. The minimum Gasteiger partial charge on any atom is -0.441 e. The topological polar surface area (TPSA) is 137 Å². The number of pyridine rings is 2. The largest absolute Gasteiger partial charge is 0.441 e. The van der Waals surface area contributed by atoms with Crippen LogP contribution in [0.2, 0.25) is 0 Å². The Kier molecular flexibility index (Phi) is 6.19. The molecule has 37 heavy (non-hydrogen) atoms. The highest BCUT2D eigenvalue weighted by molar-refractivity contribution is 6.05. The highest BCUT2D eigenvalue weighted by Gasteiger charge is 2.42. The average molecular weight is 517 g/mol. The molecule has 3 aromatic rings. The lowest BCUT2D eigenvalue weighted by Gasteiger charge is -2.35. The molecule has 0 aromatic carbocycles. The molecule has 2 bridgehead atoms. The second-order valence-electron chi connectivity index (χ2n) is 8.65. The van der Waals surface area contributed by atoms with Gasteiger partial charge in [0.25, 0.3) is 5.91 Å². The number of hydrogen-bond donors (Lipinski definition) is 3. The lowest BCUT2D eigenvalue weighted by atomic mass is 10.1. The molecule has 0 radical (unpaired) electrons. The van der Waals surface area contributed by atoms with E-state index in [0.29, 0.717) is 42.4 Å². The summed E-state index contributed by atoms with van der Waals surface area (Å²) in [6, 6.07) is 2.90. The Bertz CT molecular complexity index is 1350. The summed E-state index contributed by atoms with van der Waals surface area (Å²) >= 11 is 0. The fourth-order valence-corrected chi connectivity index (χ4v) is 4.38. The monoisotopic (exact) mass is 517 g/mol. The van der Waals surface area contributed by atoms with Crippen LogP contribution in [0.3, 0.4) is 0 Å². The van der Waals surface area contributed by atoms with E-state index in [-0.39, 0.29) is 23.4 Å². The maximum absolute atomic E-state index is 13.4. The lowest BCUT2D eigenvalue weighted by Crippen LogP contribution is -2.49. The van der Waals surface area contributed by atoms with Gasteiger partial charge in [0.15, 0.2) is 17.5 Å². The van der Waals surface area contributed by atoms with Gasteiger partial charge in [-0.15, -0.1) is 0 Å². The van der Waals surface area contributed by atoms with E-state index in [2.05, 4.69) is 20.3 Å². The van der Waals surface area contributed by atoms with Crippen molar-refractivity contribution in [1.29, 1.82) is 0 Å². The molecule has 5 heterocycles. The molecule has 1 saturated heterocycles. The molecular formula is C23H22F3N7O4. The number of urea groups is 1. The van der Waals surface area contributed by atoms with Crippen molar-refractivity contribution in [2.45, 2.75) is 31.6 Å². The molecule has 3 aromatic heterocycles. The molecule has 1 unspecified atom stereocenters. The zero-order chi connectivity index (χ0) is 26.3. The average Bonchev–Trinajstić information content (AvgIpc) is 3.48. The van der Waals surface area contributed by atoms with E-state index in [1.807, 2.05) is 4.90 Å². The number of fused-ring (bicyclic) bond motifs is 4. The molecule has 1 fully saturated rings. The molecule has 11 nitrogen and oxygen atoms in total. The van der Waals surface area contributed by atoms with Crippen LogP contribution < -0.4 is 20.4 Å². The van der Waals surface area contributed by atoms with Crippen LogP contribution in [0.5, 0.6) is 0 Å². The number of carbonyl (C=O) groups excluding carboxylic acids is 2.